The largest absolute Gasteiger partial charge is 0.477 e. The van der Waals surface area contributed by atoms with Gasteiger partial charge in [0.25, 0.3) is 5.91 Å². The van der Waals surface area contributed by atoms with Gasteiger partial charge in [0.05, 0.1) is 17.8 Å². The summed E-state index contributed by atoms with van der Waals surface area (Å²) in [6.07, 6.45) is -0.768. The van der Waals surface area contributed by atoms with Crippen LogP contribution in [0.2, 0.25) is 0 Å². The second-order valence-electron chi connectivity index (χ2n) is 7.79. The van der Waals surface area contributed by atoms with Crippen LogP contribution < -0.4 is 20.3 Å². The van der Waals surface area contributed by atoms with Crippen LogP contribution in [-0.2, 0) is 10.3 Å². The lowest BCUT2D eigenvalue weighted by molar-refractivity contribution is -0.125. The van der Waals surface area contributed by atoms with Crippen LogP contribution in [0.15, 0.2) is 55.1 Å². The van der Waals surface area contributed by atoms with Crippen molar-refractivity contribution < 1.29 is 14.3 Å². The van der Waals surface area contributed by atoms with Crippen LogP contribution in [0.4, 0.5) is 10.5 Å². The Labute approximate surface area is 171 Å². The van der Waals surface area contributed by atoms with Crippen molar-refractivity contribution in [1.29, 1.82) is 0 Å². The number of allylic oxidation sites excluding steroid dienone is 1. The number of hydrogen-bond acceptors (Lipinski definition) is 3. The Balaban J connectivity index is 1.63. The highest BCUT2D eigenvalue weighted by Crippen LogP contribution is 2.32. The number of nitrogens with one attached hydrogen (secondary N) is 2. The van der Waals surface area contributed by atoms with E-state index < -0.39 is 11.6 Å². The van der Waals surface area contributed by atoms with E-state index in [9.17, 15) is 9.59 Å². The van der Waals surface area contributed by atoms with E-state index in [-0.39, 0.29) is 18.5 Å². The molecule has 1 heterocycles. The fourth-order valence-corrected chi connectivity index (χ4v) is 3.26. The van der Waals surface area contributed by atoms with Crippen molar-refractivity contribution >= 4 is 23.2 Å². The summed E-state index contributed by atoms with van der Waals surface area (Å²) in [7, 11) is 1.70. The highest BCUT2D eigenvalue weighted by Gasteiger charge is 2.32. The van der Waals surface area contributed by atoms with Gasteiger partial charge >= 0.3 is 6.03 Å². The average Bonchev–Trinajstić information content (AvgIpc) is 2.69. The Morgan fingerprint density at radius 1 is 1.21 bits per heavy atom. The molecule has 6 nitrogen and oxygen atoms in total. The number of carbonyl (C=O) groups excluding carboxylic acids is 2. The van der Waals surface area contributed by atoms with E-state index in [1.807, 2.05) is 69.3 Å². The number of anilines is 1. The van der Waals surface area contributed by atoms with E-state index in [0.29, 0.717) is 5.75 Å². The molecule has 0 saturated heterocycles. The molecule has 0 aromatic heterocycles. The van der Waals surface area contributed by atoms with Gasteiger partial charge in [-0.1, -0.05) is 42.5 Å². The van der Waals surface area contributed by atoms with Gasteiger partial charge in [-0.2, -0.15) is 0 Å². The number of fused-ring (bicyclic) bond motifs is 1. The number of hydrogen-bond donors (Lipinski definition) is 2. The smallest absolute Gasteiger partial charge is 0.315 e. The van der Waals surface area contributed by atoms with Gasteiger partial charge in [-0.25, -0.2) is 4.79 Å². The number of carbonyl (C=O) groups is 2. The first kappa shape index (κ1) is 20.5. The van der Waals surface area contributed by atoms with Crippen LogP contribution >= 0.6 is 0 Å². The standard InChI is InChI=1S/C23H27N3O3/c1-15(2)16-9-8-10-17(13-16)23(3,4)25-22(28)24-14-20-21(27)26(5)18-11-6-7-12-19(18)29-20/h6-13,20H,1,14H2,2-5H3,(H2,24,25,28). The van der Waals surface area contributed by atoms with E-state index >= 15 is 0 Å². The summed E-state index contributed by atoms with van der Waals surface area (Å²) in [5, 5.41) is 5.72. The summed E-state index contributed by atoms with van der Waals surface area (Å²) in [5.41, 5.74) is 3.07. The van der Waals surface area contributed by atoms with E-state index in [4.69, 9.17) is 4.74 Å². The van der Waals surface area contributed by atoms with Crippen molar-refractivity contribution in [1.82, 2.24) is 10.6 Å². The fourth-order valence-electron chi connectivity index (χ4n) is 3.26. The average molecular weight is 393 g/mol. The first-order valence-corrected chi connectivity index (χ1v) is 9.55. The summed E-state index contributed by atoms with van der Waals surface area (Å²) >= 11 is 0. The Morgan fingerprint density at radius 3 is 2.66 bits per heavy atom. The number of urea groups is 1. The quantitative estimate of drug-likeness (QED) is 0.814. The summed E-state index contributed by atoms with van der Waals surface area (Å²) < 4.78 is 5.78. The van der Waals surface area contributed by atoms with Gasteiger partial charge in [-0.15, -0.1) is 0 Å². The number of amides is 3. The maximum atomic E-state index is 12.5. The maximum absolute atomic E-state index is 12.5. The van der Waals surface area contributed by atoms with Crippen LogP contribution in [0.25, 0.3) is 5.57 Å². The van der Waals surface area contributed by atoms with E-state index in [2.05, 4.69) is 17.2 Å². The molecule has 0 fully saturated rings. The Kier molecular flexibility index (Phi) is 5.64. The first-order valence-electron chi connectivity index (χ1n) is 9.55. The lowest BCUT2D eigenvalue weighted by Crippen LogP contribution is -2.53. The number of benzene rings is 2. The molecular weight excluding hydrogens is 366 g/mol. The topological polar surface area (TPSA) is 70.7 Å². The molecule has 1 aliphatic rings. The van der Waals surface area contributed by atoms with Crippen molar-refractivity contribution in [2.75, 3.05) is 18.5 Å². The molecular formula is C23H27N3O3. The normalized spacial score (nSPS) is 15.9. The molecule has 2 N–H and O–H groups in total. The number of para-hydroxylation sites is 2. The predicted octanol–water partition coefficient (Wildman–Crippen LogP) is 3.68. The minimum absolute atomic E-state index is 0.0746. The summed E-state index contributed by atoms with van der Waals surface area (Å²) in [4.78, 5) is 26.6. The van der Waals surface area contributed by atoms with E-state index in [0.717, 1.165) is 22.4 Å². The summed E-state index contributed by atoms with van der Waals surface area (Å²) in [6, 6.07) is 14.9. The van der Waals surface area contributed by atoms with Crippen LogP contribution in [0.5, 0.6) is 5.75 Å². The molecule has 29 heavy (non-hydrogen) atoms. The van der Waals surface area contributed by atoms with E-state index in [1.54, 1.807) is 11.9 Å². The molecule has 2 aromatic carbocycles. The highest BCUT2D eigenvalue weighted by molar-refractivity contribution is 5.99. The summed E-state index contributed by atoms with van der Waals surface area (Å²) in [6.45, 7) is 9.85. The lowest BCUT2D eigenvalue weighted by atomic mass is 9.92. The third kappa shape index (κ3) is 4.42. The third-order valence-corrected chi connectivity index (χ3v) is 5.05. The molecule has 0 aliphatic carbocycles. The van der Waals surface area contributed by atoms with Crippen molar-refractivity contribution in [3.05, 3.63) is 66.2 Å². The van der Waals surface area contributed by atoms with Gasteiger partial charge in [0.1, 0.15) is 5.75 Å². The minimum atomic E-state index is -0.768. The molecule has 0 saturated carbocycles. The molecule has 3 amide bonds. The molecule has 0 radical (unpaired) electrons. The number of likely N-dealkylation sites (N-methyl/N-ethyl adjacent to an activating group) is 1. The lowest BCUT2D eigenvalue weighted by Gasteiger charge is -2.32. The highest BCUT2D eigenvalue weighted by atomic mass is 16.5. The van der Waals surface area contributed by atoms with Crippen molar-refractivity contribution in [3.63, 3.8) is 0 Å². The summed E-state index contributed by atoms with van der Waals surface area (Å²) in [5.74, 6) is 0.427. The third-order valence-electron chi connectivity index (χ3n) is 5.05. The van der Waals surface area contributed by atoms with Gasteiger partial charge in [0.15, 0.2) is 6.10 Å². The zero-order chi connectivity index (χ0) is 21.2. The fraction of sp³-hybridized carbons (Fsp3) is 0.304. The van der Waals surface area contributed by atoms with Crippen LogP contribution in [0.1, 0.15) is 31.9 Å². The molecule has 152 valence electrons. The monoisotopic (exact) mass is 393 g/mol. The first-order chi connectivity index (χ1) is 13.7. The molecule has 1 unspecified atom stereocenters. The van der Waals surface area contributed by atoms with Gasteiger partial charge in [0, 0.05) is 7.05 Å². The molecule has 1 atom stereocenters. The van der Waals surface area contributed by atoms with Gasteiger partial charge in [0.2, 0.25) is 0 Å². The number of nitrogens with zero attached hydrogens (tertiary/aromatic N) is 1. The van der Waals surface area contributed by atoms with Crippen LogP contribution in [0.3, 0.4) is 0 Å². The van der Waals surface area contributed by atoms with Gasteiger partial charge < -0.3 is 20.3 Å². The Morgan fingerprint density at radius 2 is 1.93 bits per heavy atom. The van der Waals surface area contributed by atoms with Crippen molar-refractivity contribution in [3.8, 4) is 5.75 Å². The Hall–Kier alpha value is -3.28. The second kappa shape index (κ2) is 7.99. The molecule has 0 spiro atoms. The van der Waals surface area contributed by atoms with Crippen molar-refractivity contribution in [2.24, 2.45) is 0 Å². The minimum Gasteiger partial charge on any atom is -0.477 e. The molecule has 1 aliphatic heterocycles. The Bertz CT molecular complexity index is 952. The predicted molar refractivity (Wildman–Crippen MR) is 115 cm³/mol. The molecule has 3 rings (SSSR count). The van der Waals surface area contributed by atoms with Crippen molar-refractivity contribution in [2.45, 2.75) is 32.4 Å². The number of ether oxygens (including phenoxy) is 1. The molecule has 0 bridgehead atoms. The van der Waals surface area contributed by atoms with Gasteiger partial charge in [-0.3, -0.25) is 4.79 Å². The SMILES string of the molecule is C=C(C)c1cccc(C(C)(C)NC(=O)NCC2Oc3ccccc3N(C)C2=O)c1. The second-order valence-corrected chi connectivity index (χ2v) is 7.79. The zero-order valence-electron chi connectivity index (χ0n) is 17.3. The van der Waals surface area contributed by atoms with Crippen LogP contribution in [-0.4, -0.2) is 31.6 Å². The number of rotatable bonds is 5. The van der Waals surface area contributed by atoms with Crippen LogP contribution in [0, 0.1) is 0 Å². The van der Waals surface area contributed by atoms with E-state index in [1.165, 1.54) is 0 Å². The maximum Gasteiger partial charge on any atom is 0.315 e. The molecule has 6 heteroatoms. The van der Waals surface area contributed by atoms with Gasteiger partial charge in [-0.05, 0) is 50.1 Å². The zero-order valence-corrected chi connectivity index (χ0v) is 17.3. The molecule has 2 aromatic rings.